The summed E-state index contributed by atoms with van der Waals surface area (Å²) in [5, 5.41) is 0. The minimum Gasteiger partial charge on any atom is -0.425 e. The maximum atomic E-state index is 9.75. The van der Waals surface area contributed by atoms with Crippen LogP contribution in [0.5, 0.6) is 0 Å². The van der Waals surface area contributed by atoms with Crippen molar-refractivity contribution in [1.82, 2.24) is 4.67 Å². The second-order valence-corrected chi connectivity index (χ2v) is 4.71. The van der Waals surface area contributed by atoms with Gasteiger partial charge >= 0.3 is 8.53 Å². The summed E-state index contributed by atoms with van der Waals surface area (Å²) in [6, 6.07) is 0.530. The summed E-state index contributed by atoms with van der Waals surface area (Å²) in [5.74, 6) is 0. The van der Waals surface area contributed by atoms with E-state index in [9.17, 15) is 4.89 Å². The molecule has 0 fully saturated rings. The van der Waals surface area contributed by atoms with Crippen molar-refractivity contribution in [2.24, 2.45) is 4.99 Å². The molecule has 0 aliphatic heterocycles. The van der Waals surface area contributed by atoms with Crippen LogP contribution in [-0.4, -0.2) is 34.6 Å². The van der Waals surface area contributed by atoms with E-state index in [0.717, 1.165) is 0 Å². The van der Waals surface area contributed by atoms with Gasteiger partial charge in [-0.15, -0.1) is 0 Å². The Morgan fingerprint density at radius 2 is 1.86 bits per heavy atom. The summed E-state index contributed by atoms with van der Waals surface area (Å²) in [5.41, 5.74) is 0. The number of nitrogens with zero attached hydrogens (tertiary/aromatic N) is 2. The lowest BCUT2D eigenvalue weighted by molar-refractivity contribution is 0.263. The Morgan fingerprint density at radius 1 is 1.36 bits per heavy atom. The molecule has 0 spiro atoms. The van der Waals surface area contributed by atoms with Gasteiger partial charge in [0.25, 0.3) is 0 Å². The molecule has 0 radical (unpaired) electrons. The average Bonchev–Trinajstić information content (AvgIpc) is 2.03. The monoisotopic (exact) mass is 220 g/mol. The third kappa shape index (κ3) is 4.89. The Hall–Kier alpha value is -0.180. The van der Waals surface area contributed by atoms with Gasteiger partial charge in [-0.3, -0.25) is 4.99 Å². The summed E-state index contributed by atoms with van der Waals surface area (Å²) in [6.07, 6.45) is 1.34. The third-order valence-electron chi connectivity index (χ3n) is 1.65. The summed E-state index contributed by atoms with van der Waals surface area (Å²) < 4.78 is 7.05. The maximum Gasteiger partial charge on any atom is 0.319 e. The number of hydrogen-bond donors (Lipinski definition) is 1. The molecule has 0 aromatic carbocycles. The van der Waals surface area contributed by atoms with Gasteiger partial charge in [0.2, 0.25) is 0 Å². The first-order valence-corrected chi connectivity index (χ1v) is 6.09. The molecule has 0 aliphatic rings. The predicted molar refractivity (Wildman–Crippen MR) is 61.4 cm³/mol. The Balaban J connectivity index is 4.15. The van der Waals surface area contributed by atoms with Gasteiger partial charge in [0.1, 0.15) is 0 Å². The van der Waals surface area contributed by atoms with Crippen molar-refractivity contribution in [3.05, 3.63) is 0 Å². The van der Waals surface area contributed by atoms with E-state index in [1.54, 1.807) is 0 Å². The molecule has 0 aromatic rings. The molecule has 14 heavy (non-hydrogen) atoms. The van der Waals surface area contributed by atoms with Crippen molar-refractivity contribution in [3.63, 3.8) is 0 Å². The van der Waals surface area contributed by atoms with Crippen LogP contribution >= 0.6 is 8.53 Å². The van der Waals surface area contributed by atoms with Crippen LogP contribution in [0.1, 0.15) is 34.6 Å². The van der Waals surface area contributed by atoms with Gasteiger partial charge in [-0.1, -0.05) is 0 Å². The SMILES string of the molecule is CCN=COP(O)N(C(C)C)C(C)C. The highest BCUT2D eigenvalue weighted by Crippen LogP contribution is 2.39. The normalized spacial score (nSPS) is 14.6. The van der Waals surface area contributed by atoms with Gasteiger partial charge < -0.3 is 9.42 Å². The van der Waals surface area contributed by atoms with E-state index >= 15 is 0 Å². The quantitative estimate of drug-likeness (QED) is 0.424. The van der Waals surface area contributed by atoms with Crippen molar-refractivity contribution in [2.75, 3.05) is 6.54 Å². The van der Waals surface area contributed by atoms with Gasteiger partial charge in [-0.2, -0.15) is 0 Å². The van der Waals surface area contributed by atoms with E-state index in [1.165, 1.54) is 6.40 Å². The van der Waals surface area contributed by atoms with E-state index in [1.807, 2.05) is 39.3 Å². The van der Waals surface area contributed by atoms with Gasteiger partial charge in [0.15, 0.2) is 6.40 Å². The second kappa shape index (κ2) is 7.16. The highest BCUT2D eigenvalue weighted by Gasteiger charge is 2.24. The average molecular weight is 220 g/mol. The molecule has 0 saturated carbocycles. The molecule has 1 atom stereocenters. The molecule has 4 nitrogen and oxygen atoms in total. The maximum absolute atomic E-state index is 9.75. The van der Waals surface area contributed by atoms with Gasteiger partial charge in [0.05, 0.1) is 0 Å². The zero-order valence-corrected chi connectivity index (χ0v) is 10.5. The van der Waals surface area contributed by atoms with Gasteiger partial charge in [-0.05, 0) is 34.6 Å². The number of rotatable bonds is 6. The summed E-state index contributed by atoms with van der Waals surface area (Å²) in [4.78, 5) is 13.6. The van der Waals surface area contributed by atoms with Crippen LogP contribution in [0, 0.1) is 0 Å². The Labute approximate surface area is 88.0 Å². The number of hydrogen-bond acceptors (Lipinski definition) is 4. The minimum absolute atomic E-state index is 0.265. The molecule has 0 saturated heterocycles. The fourth-order valence-electron chi connectivity index (χ4n) is 1.20. The lowest BCUT2D eigenvalue weighted by atomic mass is 10.3. The van der Waals surface area contributed by atoms with Crippen LogP contribution in [0.2, 0.25) is 0 Å². The van der Waals surface area contributed by atoms with E-state index in [0.29, 0.717) is 6.54 Å². The molecule has 1 N–H and O–H groups in total. The summed E-state index contributed by atoms with van der Waals surface area (Å²) in [7, 11) is -1.55. The van der Waals surface area contributed by atoms with Gasteiger partial charge in [0, 0.05) is 18.6 Å². The van der Waals surface area contributed by atoms with Crippen molar-refractivity contribution in [3.8, 4) is 0 Å². The van der Waals surface area contributed by atoms with Crippen LogP contribution < -0.4 is 0 Å². The zero-order valence-electron chi connectivity index (χ0n) is 9.64. The van der Waals surface area contributed by atoms with Crippen LogP contribution in [0.3, 0.4) is 0 Å². The lowest BCUT2D eigenvalue weighted by Gasteiger charge is -2.31. The zero-order chi connectivity index (χ0) is 11.1. The second-order valence-electron chi connectivity index (χ2n) is 3.53. The molecule has 0 aromatic heterocycles. The minimum atomic E-state index is -1.55. The Kier molecular flexibility index (Phi) is 7.06. The standard InChI is InChI=1S/C9H21N2O2P/c1-6-10-7-13-14(12)11(8(2)3)9(4)5/h7-9,12H,6H2,1-5H3. The Morgan fingerprint density at radius 3 is 2.21 bits per heavy atom. The Bertz CT molecular complexity index is 166. The molecule has 0 rings (SSSR count). The number of aliphatic imine (C=N–C) groups is 1. The molecule has 84 valence electrons. The molecule has 0 aliphatic carbocycles. The van der Waals surface area contributed by atoms with Crippen LogP contribution in [0.15, 0.2) is 4.99 Å². The molecule has 5 heteroatoms. The first-order valence-electron chi connectivity index (χ1n) is 4.93. The summed E-state index contributed by atoms with van der Waals surface area (Å²) >= 11 is 0. The molecule has 0 bridgehead atoms. The highest BCUT2D eigenvalue weighted by atomic mass is 31.2. The lowest BCUT2D eigenvalue weighted by Crippen LogP contribution is -2.32. The topological polar surface area (TPSA) is 45.1 Å². The molecule has 0 heterocycles. The summed E-state index contributed by atoms with van der Waals surface area (Å²) in [6.45, 7) is 10.7. The molecular formula is C9H21N2O2P. The molecule has 1 unspecified atom stereocenters. The first kappa shape index (κ1) is 13.8. The van der Waals surface area contributed by atoms with Crippen molar-refractivity contribution in [2.45, 2.75) is 46.7 Å². The van der Waals surface area contributed by atoms with E-state index in [2.05, 4.69) is 4.99 Å². The van der Waals surface area contributed by atoms with Gasteiger partial charge in [-0.25, -0.2) is 4.67 Å². The molecule has 0 amide bonds. The van der Waals surface area contributed by atoms with E-state index in [4.69, 9.17) is 4.52 Å². The van der Waals surface area contributed by atoms with Crippen molar-refractivity contribution >= 4 is 14.9 Å². The van der Waals surface area contributed by atoms with Crippen molar-refractivity contribution in [1.29, 1.82) is 0 Å². The van der Waals surface area contributed by atoms with E-state index < -0.39 is 8.53 Å². The van der Waals surface area contributed by atoms with Crippen LogP contribution in [-0.2, 0) is 4.52 Å². The van der Waals surface area contributed by atoms with E-state index in [-0.39, 0.29) is 12.1 Å². The fourth-order valence-corrected chi connectivity index (χ4v) is 2.25. The highest BCUT2D eigenvalue weighted by molar-refractivity contribution is 7.44. The van der Waals surface area contributed by atoms with Crippen LogP contribution in [0.4, 0.5) is 0 Å². The third-order valence-corrected chi connectivity index (χ3v) is 3.26. The smallest absolute Gasteiger partial charge is 0.319 e. The van der Waals surface area contributed by atoms with Crippen molar-refractivity contribution < 1.29 is 9.42 Å². The largest absolute Gasteiger partial charge is 0.425 e. The predicted octanol–water partition coefficient (Wildman–Crippen LogP) is 2.39. The first-order chi connectivity index (χ1) is 6.50. The van der Waals surface area contributed by atoms with Crippen LogP contribution in [0.25, 0.3) is 0 Å². The fraction of sp³-hybridized carbons (Fsp3) is 0.889. The molecular weight excluding hydrogens is 199 g/mol.